The summed E-state index contributed by atoms with van der Waals surface area (Å²) in [5.74, 6) is 0.0989. The molecular weight excluding hydrogens is 305 g/mol. The monoisotopic (exact) mass is 309 g/mol. The second kappa shape index (κ2) is 3.14. The third-order valence-electron chi connectivity index (χ3n) is 1.55. The average molecular weight is 309 g/mol. The molecule has 0 aliphatic heterocycles. The molecule has 0 atom stereocenters. The van der Waals surface area contributed by atoms with Gasteiger partial charge in [0.1, 0.15) is 15.5 Å². The number of carbonyl (C=O) groups excluding carboxylic acids is 1. The smallest absolute Gasteiger partial charge is 0.357 e. The summed E-state index contributed by atoms with van der Waals surface area (Å²) in [5, 5.41) is 7.30. The van der Waals surface area contributed by atoms with Gasteiger partial charge in [0.15, 0.2) is 23.0 Å². The van der Waals surface area contributed by atoms with Crippen LogP contribution in [0.25, 0.3) is 10.2 Å². The number of H-pyrrole nitrogens is 1. The summed E-state index contributed by atoms with van der Waals surface area (Å²) in [6, 6.07) is 1.67. The van der Waals surface area contributed by atoms with Gasteiger partial charge in [-0.25, -0.2) is 4.79 Å². The number of hydrogen-bond acceptors (Lipinski definition) is 5. The molecule has 0 bridgehead atoms. The summed E-state index contributed by atoms with van der Waals surface area (Å²) < 4.78 is 4.54. The Balaban J connectivity index is 2.56. The van der Waals surface area contributed by atoms with Gasteiger partial charge in [-0.2, -0.15) is 5.10 Å². The van der Waals surface area contributed by atoms with Crippen LogP contribution in [-0.4, -0.2) is 16.2 Å². The standard InChI is InChI=1S/C6H4IN3O2S/c7-12-6(11)3-1-2-4(8)9-10-5(2)13-3/h1H,(H3,8,9,10). The molecule has 0 saturated carbocycles. The lowest BCUT2D eigenvalue weighted by Gasteiger charge is -1.88. The highest BCUT2D eigenvalue weighted by atomic mass is 127. The normalized spacial score (nSPS) is 10.5. The Morgan fingerprint density at radius 2 is 2.54 bits per heavy atom. The van der Waals surface area contributed by atoms with Gasteiger partial charge in [0.05, 0.1) is 5.39 Å². The van der Waals surface area contributed by atoms with Crippen molar-refractivity contribution in [3.8, 4) is 0 Å². The number of aromatic amines is 1. The molecule has 2 rings (SSSR count). The Hall–Kier alpha value is -0.830. The predicted octanol–water partition coefficient (Wildman–Crippen LogP) is 1.71. The lowest BCUT2D eigenvalue weighted by molar-refractivity contribution is 0.0805. The number of carbonyl (C=O) groups is 1. The van der Waals surface area contributed by atoms with Gasteiger partial charge in [0, 0.05) is 0 Å². The quantitative estimate of drug-likeness (QED) is 0.786. The van der Waals surface area contributed by atoms with Gasteiger partial charge >= 0.3 is 5.97 Å². The minimum atomic E-state index is -0.372. The number of thiophene rings is 1. The van der Waals surface area contributed by atoms with E-state index in [9.17, 15) is 4.79 Å². The third-order valence-corrected chi connectivity index (χ3v) is 2.96. The topological polar surface area (TPSA) is 81.0 Å². The first kappa shape index (κ1) is 8.75. The van der Waals surface area contributed by atoms with Crippen molar-refractivity contribution in [2.45, 2.75) is 0 Å². The van der Waals surface area contributed by atoms with E-state index in [2.05, 4.69) is 13.3 Å². The number of fused-ring (bicyclic) bond motifs is 1. The average Bonchev–Trinajstić information content (AvgIpc) is 2.67. The number of rotatable bonds is 1. The van der Waals surface area contributed by atoms with E-state index < -0.39 is 0 Å². The largest absolute Gasteiger partial charge is 0.390 e. The number of anilines is 1. The molecule has 0 unspecified atom stereocenters. The van der Waals surface area contributed by atoms with E-state index in [1.165, 1.54) is 11.3 Å². The summed E-state index contributed by atoms with van der Waals surface area (Å²) in [5.41, 5.74) is 5.57. The van der Waals surface area contributed by atoms with Gasteiger partial charge in [-0.05, 0) is 6.07 Å². The Bertz CT molecular complexity index is 463. The molecule has 2 aromatic heterocycles. The number of hydrogen-bond donors (Lipinski definition) is 2. The van der Waals surface area contributed by atoms with Crippen LogP contribution < -0.4 is 5.73 Å². The number of nitrogen functional groups attached to an aromatic ring is 1. The Kier molecular flexibility index (Phi) is 2.12. The number of nitrogens with one attached hydrogen (secondary N) is 1. The van der Waals surface area contributed by atoms with Crippen LogP contribution in [0.1, 0.15) is 9.67 Å². The Morgan fingerprint density at radius 3 is 3.15 bits per heavy atom. The van der Waals surface area contributed by atoms with Crippen LogP contribution in [-0.2, 0) is 3.07 Å². The maximum Gasteiger partial charge on any atom is 0.357 e. The molecule has 0 radical (unpaired) electrons. The van der Waals surface area contributed by atoms with Crippen LogP contribution in [0.2, 0.25) is 0 Å². The minimum absolute atomic E-state index is 0.372. The Morgan fingerprint density at radius 1 is 1.77 bits per heavy atom. The zero-order valence-electron chi connectivity index (χ0n) is 6.20. The molecule has 0 spiro atoms. The molecular formula is C6H4IN3O2S. The fraction of sp³-hybridized carbons (Fsp3) is 0. The first-order valence-electron chi connectivity index (χ1n) is 3.28. The second-order valence-electron chi connectivity index (χ2n) is 2.33. The maximum absolute atomic E-state index is 11.1. The molecule has 2 heterocycles. The van der Waals surface area contributed by atoms with E-state index >= 15 is 0 Å². The molecule has 3 N–H and O–H groups in total. The molecule has 5 nitrogen and oxygen atoms in total. The van der Waals surface area contributed by atoms with Gasteiger partial charge in [-0.15, -0.1) is 11.3 Å². The second-order valence-corrected chi connectivity index (χ2v) is 3.80. The molecule has 0 aromatic carbocycles. The van der Waals surface area contributed by atoms with Crippen molar-refractivity contribution < 1.29 is 7.86 Å². The number of nitrogens with zero attached hydrogens (tertiary/aromatic N) is 1. The van der Waals surface area contributed by atoms with Crippen LogP contribution >= 0.6 is 34.3 Å². The van der Waals surface area contributed by atoms with Gasteiger partial charge in [0.25, 0.3) is 0 Å². The highest BCUT2D eigenvalue weighted by Crippen LogP contribution is 2.28. The first-order chi connectivity index (χ1) is 6.22. The SMILES string of the molecule is Nc1[nH]nc2sc(C(=O)OI)cc12. The molecule has 0 amide bonds. The zero-order chi connectivity index (χ0) is 9.42. The molecule has 7 heteroatoms. The number of nitrogens with two attached hydrogens (primary N) is 1. The molecule has 0 fully saturated rings. The summed E-state index contributed by atoms with van der Waals surface area (Å²) in [6.45, 7) is 0. The zero-order valence-corrected chi connectivity index (χ0v) is 9.18. The first-order valence-corrected chi connectivity index (χ1v) is 4.98. The highest BCUT2D eigenvalue weighted by Gasteiger charge is 2.14. The molecule has 0 aliphatic carbocycles. The summed E-state index contributed by atoms with van der Waals surface area (Å²) in [4.78, 5) is 12.3. The van der Waals surface area contributed by atoms with Crippen molar-refractivity contribution in [3.05, 3.63) is 10.9 Å². The van der Waals surface area contributed by atoms with Crippen molar-refractivity contribution in [3.63, 3.8) is 0 Å². The molecule has 68 valence electrons. The van der Waals surface area contributed by atoms with Crippen LogP contribution in [0.5, 0.6) is 0 Å². The van der Waals surface area contributed by atoms with Gasteiger partial charge in [0.2, 0.25) is 0 Å². The van der Waals surface area contributed by atoms with Crippen molar-refractivity contribution in [2.75, 3.05) is 5.73 Å². The summed E-state index contributed by atoms with van der Waals surface area (Å²) >= 11 is 2.80. The van der Waals surface area contributed by atoms with Crippen LogP contribution in [0, 0.1) is 0 Å². The van der Waals surface area contributed by atoms with Gasteiger partial charge in [-0.1, -0.05) is 0 Å². The van der Waals surface area contributed by atoms with E-state index in [1.807, 2.05) is 0 Å². The van der Waals surface area contributed by atoms with E-state index in [4.69, 9.17) is 5.73 Å². The number of aromatic nitrogens is 2. The van der Waals surface area contributed by atoms with Crippen molar-refractivity contribution >= 4 is 56.3 Å². The van der Waals surface area contributed by atoms with E-state index in [0.717, 1.165) is 5.39 Å². The fourth-order valence-electron chi connectivity index (χ4n) is 0.967. The number of halogens is 1. The maximum atomic E-state index is 11.1. The van der Waals surface area contributed by atoms with Crippen LogP contribution in [0.15, 0.2) is 6.07 Å². The van der Waals surface area contributed by atoms with E-state index in [1.54, 1.807) is 29.1 Å². The minimum Gasteiger partial charge on any atom is -0.390 e. The Labute approximate surface area is 90.9 Å². The fourth-order valence-corrected chi connectivity index (χ4v) is 2.23. The van der Waals surface area contributed by atoms with E-state index in [0.29, 0.717) is 15.5 Å². The molecule has 2 aromatic rings. The molecule has 0 saturated heterocycles. The van der Waals surface area contributed by atoms with E-state index in [-0.39, 0.29) is 5.97 Å². The van der Waals surface area contributed by atoms with Crippen molar-refractivity contribution in [2.24, 2.45) is 0 Å². The summed E-state index contributed by atoms with van der Waals surface area (Å²) in [6.07, 6.45) is 0. The molecule has 13 heavy (non-hydrogen) atoms. The van der Waals surface area contributed by atoms with Crippen molar-refractivity contribution in [1.82, 2.24) is 10.2 Å². The predicted molar refractivity (Wildman–Crippen MR) is 57.8 cm³/mol. The van der Waals surface area contributed by atoms with Crippen LogP contribution in [0.3, 0.4) is 0 Å². The third kappa shape index (κ3) is 1.37. The van der Waals surface area contributed by atoms with Crippen molar-refractivity contribution in [1.29, 1.82) is 0 Å². The lowest BCUT2D eigenvalue weighted by Crippen LogP contribution is -1.92. The van der Waals surface area contributed by atoms with Crippen LogP contribution in [0.4, 0.5) is 5.82 Å². The van der Waals surface area contributed by atoms with Gasteiger partial charge < -0.3 is 8.80 Å². The molecule has 0 aliphatic rings. The summed E-state index contributed by atoms with van der Waals surface area (Å²) in [7, 11) is 0. The highest BCUT2D eigenvalue weighted by molar-refractivity contribution is 14.1. The van der Waals surface area contributed by atoms with Gasteiger partial charge in [-0.3, -0.25) is 5.10 Å². The lowest BCUT2D eigenvalue weighted by atomic mass is 10.3.